The van der Waals surface area contributed by atoms with Gasteiger partial charge in [0.25, 0.3) is 5.91 Å². The Balaban J connectivity index is 1.23. The van der Waals surface area contributed by atoms with Crippen LogP contribution in [0, 0.1) is 5.92 Å². The van der Waals surface area contributed by atoms with Crippen LogP contribution in [0.3, 0.4) is 0 Å². The monoisotopic (exact) mass is 533 g/mol. The Kier molecular flexibility index (Phi) is 9.05. The lowest BCUT2D eigenvalue weighted by molar-refractivity contribution is -0.156. The van der Waals surface area contributed by atoms with Crippen molar-refractivity contribution in [2.45, 2.75) is 77.2 Å². The van der Waals surface area contributed by atoms with Crippen LogP contribution in [-0.4, -0.2) is 33.5 Å². The number of Topliss-reactive ketones (excluding diaryl/α,β-unsaturated/α-hetero) is 1. The van der Waals surface area contributed by atoms with E-state index in [1.807, 2.05) is 63.2 Å². The van der Waals surface area contributed by atoms with Crippen LogP contribution in [0.5, 0.6) is 0 Å². The summed E-state index contributed by atoms with van der Waals surface area (Å²) in [7, 11) is 0. The molecule has 1 aliphatic rings. The molecule has 0 atom stereocenters. The van der Waals surface area contributed by atoms with Gasteiger partial charge in [-0.3, -0.25) is 19.7 Å². The van der Waals surface area contributed by atoms with E-state index < -0.39 is 5.60 Å². The quantitative estimate of drug-likeness (QED) is 0.245. The van der Waals surface area contributed by atoms with E-state index in [1.165, 1.54) is 16.9 Å². The van der Waals surface area contributed by atoms with Crippen molar-refractivity contribution < 1.29 is 19.1 Å². The lowest BCUT2D eigenvalue weighted by Crippen LogP contribution is -2.26. The lowest BCUT2D eigenvalue weighted by Gasteiger charge is -2.29. The van der Waals surface area contributed by atoms with E-state index in [9.17, 15) is 14.4 Å². The highest BCUT2D eigenvalue weighted by molar-refractivity contribution is 7.15. The molecule has 2 aromatic carbocycles. The van der Waals surface area contributed by atoms with E-state index in [4.69, 9.17) is 4.74 Å². The Morgan fingerprint density at radius 3 is 2.26 bits per heavy atom. The molecule has 0 bridgehead atoms. The van der Waals surface area contributed by atoms with Gasteiger partial charge in [0.15, 0.2) is 5.78 Å². The molecule has 38 heavy (non-hydrogen) atoms. The third kappa shape index (κ3) is 8.05. The summed E-state index contributed by atoms with van der Waals surface area (Å²) in [5.74, 6) is 0.522. The fourth-order valence-electron chi connectivity index (χ4n) is 4.79. The summed E-state index contributed by atoms with van der Waals surface area (Å²) in [6, 6.07) is 16.9. The summed E-state index contributed by atoms with van der Waals surface area (Å²) in [5, 5.41) is 12.1. The molecule has 0 aliphatic heterocycles. The Morgan fingerprint density at radius 2 is 1.61 bits per heavy atom. The first-order chi connectivity index (χ1) is 18.2. The van der Waals surface area contributed by atoms with Crippen molar-refractivity contribution in [3.8, 4) is 0 Å². The number of aryl methyl sites for hydroxylation is 1. The highest BCUT2D eigenvalue weighted by Gasteiger charge is 2.26. The second kappa shape index (κ2) is 12.4. The lowest BCUT2D eigenvalue weighted by atomic mass is 9.77. The smallest absolute Gasteiger partial charge is 0.306 e. The number of amides is 1. The molecule has 0 unspecified atom stereocenters. The largest absolute Gasteiger partial charge is 0.460 e. The van der Waals surface area contributed by atoms with Crippen molar-refractivity contribution in [2.75, 3.05) is 5.32 Å². The average Bonchev–Trinajstić information content (AvgIpc) is 3.34. The van der Waals surface area contributed by atoms with Crippen LogP contribution in [0.15, 0.2) is 54.6 Å². The van der Waals surface area contributed by atoms with Gasteiger partial charge in [-0.25, -0.2) is 0 Å². The maximum Gasteiger partial charge on any atom is 0.306 e. The zero-order chi connectivity index (χ0) is 27.1. The second-order valence-corrected chi connectivity index (χ2v) is 11.9. The Labute approximate surface area is 228 Å². The minimum Gasteiger partial charge on any atom is -0.460 e. The van der Waals surface area contributed by atoms with Crippen LogP contribution < -0.4 is 5.32 Å². The number of rotatable bonds is 9. The molecule has 1 aliphatic carbocycles. The Morgan fingerprint density at radius 1 is 0.921 bits per heavy atom. The number of ether oxygens (including phenoxy) is 1. The topological polar surface area (TPSA) is 98.2 Å². The molecule has 1 saturated carbocycles. The van der Waals surface area contributed by atoms with Gasteiger partial charge in [-0.15, -0.1) is 10.2 Å². The normalized spacial score (nSPS) is 17.6. The molecule has 0 saturated heterocycles. The van der Waals surface area contributed by atoms with Crippen molar-refractivity contribution in [1.29, 1.82) is 0 Å². The van der Waals surface area contributed by atoms with E-state index in [1.54, 1.807) is 12.1 Å². The van der Waals surface area contributed by atoms with Crippen molar-refractivity contribution in [3.05, 3.63) is 76.3 Å². The number of nitrogens with zero attached hydrogens (tertiary/aromatic N) is 2. The summed E-state index contributed by atoms with van der Waals surface area (Å²) >= 11 is 1.29. The average molecular weight is 534 g/mol. The number of carbonyl (C=O) groups excluding carboxylic acids is 3. The third-order valence-electron chi connectivity index (χ3n) is 6.72. The van der Waals surface area contributed by atoms with Gasteiger partial charge >= 0.3 is 5.97 Å². The molecule has 1 fully saturated rings. The van der Waals surface area contributed by atoms with Crippen LogP contribution >= 0.6 is 11.3 Å². The molecule has 200 valence electrons. The molecule has 0 radical (unpaired) electrons. The Hall–Kier alpha value is -3.39. The van der Waals surface area contributed by atoms with E-state index in [0.29, 0.717) is 52.4 Å². The first-order valence-corrected chi connectivity index (χ1v) is 14.0. The van der Waals surface area contributed by atoms with E-state index in [-0.39, 0.29) is 17.7 Å². The first kappa shape index (κ1) is 27.6. The van der Waals surface area contributed by atoms with Crippen LogP contribution in [-0.2, 0) is 16.0 Å². The fraction of sp³-hybridized carbons (Fsp3) is 0.433. The van der Waals surface area contributed by atoms with Crippen molar-refractivity contribution in [2.24, 2.45) is 5.92 Å². The minimum absolute atomic E-state index is 0.0583. The molecular weight excluding hydrogens is 498 g/mol. The molecule has 1 amide bonds. The molecule has 8 heteroatoms. The third-order valence-corrected chi connectivity index (χ3v) is 7.61. The zero-order valence-corrected chi connectivity index (χ0v) is 23.1. The van der Waals surface area contributed by atoms with Crippen molar-refractivity contribution >= 4 is 34.1 Å². The maximum atomic E-state index is 12.7. The predicted octanol–water partition coefficient (Wildman–Crippen LogP) is 6.61. The number of aromatic nitrogens is 2. The number of hydrogen-bond acceptors (Lipinski definition) is 7. The number of hydrogen-bond donors (Lipinski definition) is 1. The standard InChI is InChI=1S/C30H35N3O4S/c1-30(2,3)37-27(35)19-20-9-11-21(12-10-20)22-13-15-24(16-14-22)28(36)31-29-33-32-26(38-29)18-17-25(34)23-7-5-4-6-8-23/h4-8,13-16,20-21H,9-12,17-19H2,1-3H3,(H,31,33,36)/t20-,21-. The SMILES string of the molecule is CC(C)(C)OC(=O)C[C@H]1CC[C@H](c2ccc(C(=O)Nc3nnc(CCC(=O)c4ccccc4)s3)cc2)CC1. The second-order valence-electron chi connectivity index (χ2n) is 10.9. The summed E-state index contributed by atoms with van der Waals surface area (Å²) in [4.78, 5) is 37.2. The summed E-state index contributed by atoms with van der Waals surface area (Å²) in [5.41, 5.74) is 2.02. The molecule has 1 N–H and O–H groups in total. The van der Waals surface area contributed by atoms with Gasteiger partial charge < -0.3 is 4.74 Å². The van der Waals surface area contributed by atoms with E-state index in [2.05, 4.69) is 15.5 Å². The molecule has 0 spiro atoms. The van der Waals surface area contributed by atoms with Gasteiger partial charge in [0, 0.05) is 30.4 Å². The summed E-state index contributed by atoms with van der Waals surface area (Å²) in [6.45, 7) is 5.69. The number of anilines is 1. The highest BCUT2D eigenvalue weighted by Crippen LogP contribution is 2.37. The minimum atomic E-state index is -0.441. The fourth-order valence-corrected chi connectivity index (χ4v) is 5.52. The number of carbonyl (C=O) groups is 3. The summed E-state index contributed by atoms with van der Waals surface area (Å²) in [6.07, 6.45) is 5.37. The van der Waals surface area contributed by atoms with E-state index in [0.717, 1.165) is 25.7 Å². The predicted molar refractivity (Wildman–Crippen MR) is 149 cm³/mol. The van der Waals surface area contributed by atoms with Crippen LogP contribution in [0.25, 0.3) is 0 Å². The van der Waals surface area contributed by atoms with Gasteiger partial charge in [0.1, 0.15) is 10.6 Å². The van der Waals surface area contributed by atoms with Gasteiger partial charge in [-0.2, -0.15) is 0 Å². The Bertz CT molecular complexity index is 1240. The maximum absolute atomic E-state index is 12.7. The highest BCUT2D eigenvalue weighted by atomic mass is 32.1. The van der Waals surface area contributed by atoms with Crippen LogP contribution in [0.2, 0.25) is 0 Å². The molecule has 4 rings (SSSR count). The zero-order valence-electron chi connectivity index (χ0n) is 22.2. The van der Waals surface area contributed by atoms with Crippen LogP contribution in [0.4, 0.5) is 5.13 Å². The number of ketones is 1. The van der Waals surface area contributed by atoms with Gasteiger partial charge in [0.05, 0.1) is 0 Å². The van der Waals surface area contributed by atoms with Crippen molar-refractivity contribution in [3.63, 3.8) is 0 Å². The molecular formula is C30H35N3O4S. The van der Waals surface area contributed by atoms with Gasteiger partial charge in [0.2, 0.25) is 5.13 Å². The number of nitrogens with one attached hydrogen (secondary N) is 1. The molecule has 1 aromatic heterocycles. The molecule has 3 aromatic rings. The van der Waals surface area contributed by atoms with Gasteiger partial charge in [-0.1, -0.05) is 53.8 Å². The van der Waals surface area contributed by atoms with Gasteiger partial charge in [-0.05, 0) is 76.0 Å². The van der Waals surface area contributed by atoms with Crippen LogP contribution in [0.1, 0.15) is 96.5 Å². The number of esters is 1. The van der Waals surface area contributed by atoms with E-state index >= 15 is 0 Å². The first-order valence-electron chi connectivity index (χ1n) is 13.2. The number of benzene rings is 2. The molecule has 7 nitrogen and oxygen atoms in total. The van der Waals surface area contributed by atoms with Crippen molar-refractivity contribution in [1.82, 2.24) is 10.2 Å². The summed E-state index contributed by atoms with van der Waals surface area (Å²) < 4.78 is 5.47. The molecule has 1 heterocycles.